The van der Waals surface area contributed by atoms with Gasteiger partial charge in [-0.2, -0.15) is 5.10 Å². The zero-order valence-electron chi connectivity index (χ0n) is 17.6. The number of benzene rings is 2. The highest BCUT2D eigenvalue weighted by Crippen LogP contribution is 2.32. The molecule has 34 heavy (non-hydrogen) atoms. The lowest BCUT2D eigenvalue weighted by Crippen LogP contribution is -2.28. The first-order valence-corrected chi connectivity index (χ1v) is 10.5. The fourth-order valence-electron chi connectivity index (χ4n) is 3.86. The molecule has 0 fully saturated rings. The molecule has 0 radical (unpaired) electrons. The molecule has 0 unspecified atom stereocenters. The van der Waals surface area contributed by atoms with E-state index in [4.69, 9.17) is 9.47 Å². The van der Waals surface area contributed by atoms with E-state index in [0.29, 0.717) is 47.3 Å². The number of carbonyl (C=O) groups excluding carboxylic acids is 1. The van der Waals surface area contributed by atoms with Crippen molar-refractivity contribution in [2.24, 2.45) is 0 Å². The van der Waals surface area contributed by atoms with Crippen molar-refractivity contribution in [3.8, 4) is 22.8 Å². The van der Waals surface area contributed by atoms with E-state index in [1.807, 2.05) is 0 Å². The predicted molar refractivity (Wildman–Crippen MR) is 120 cm³/mol. The number of hydrogen-bond acceptors (Lipinski definition) is 6. The summed E-state index contributed by atoms with van der Waals surface area (Å²) in [6.45, 7) is 0.637. The minimum atomic E-state index is -0.459. The standard InChI is InChI=1S/C23H17FN6O4/c24-15-3-1-14(2-4-15)17-12-18-22-27-30(23(32)28(22)7-8-29(18)26-17)13-21(31)25-16-5-6-19-20(11-16)34-10-9-33-19/h1-8,11-12H,9-10,13H2,(H,25,31). The van der Waals surface area contributed by atoms with Crippen LogP contribution in [-0.4, -0.2) is 42.9 Å². The van der Waals surface area contributed by atoms with Crippen molar-refractivity contribution in [3.63, 3.8) is 0 Å². The fraction of sp³-hybridized carbons (Fsp3) is 0.130. The van der Waals surface area contributed by atoms with Gasteiger partial charge in [-0.3, -0.25) is 4.79 Å². The highest BCUT2D eigenvalue weighted by Gasteiger charge is 2.17. The lowest BCUT2D eigenvalue weighted by molar-refractivity contribution is -0.117. The van der Waals surface area contributed by atoms with E-state index < -0.39 is 11.6 Å². The topological polar surface area (TPSA) is 104 Å². The molecule has 11 heteroatoms. The number of amides is 1. The summed E-state index contributed by atoms with van der Waals surface area (Å²) < 4.78 is 28.3. The molecule has 2 aromatic carbocycles. The van der Waals surface area contributed by atoms with Gasteiger partial charge in [-0.15, -0.1) is 5.10 Å². The molecular weight excluding hydrogens is 443 g/mol. The first-order chi connectivity index (χ1) is 16.5. The molecule has 170 valence electrons. The van der Waals surface area contributed by atoms with Crippen molar-refractivity contribution in [3.05, 3.63) is 77.2 Å². The molecule has 3 aromatic heterocycles. The Morgan fingerprint density at radius 1 is 1.00 bits per heavy atom. The monoisotopic (exact) mass is 460 g/mol. The molecule has 0 atom stereocenters. The highest BCUT2D eigenvalue weighted by atomic mass is 19.1. The van der Waals surface area contributed by atoms with Crippen LogP contribution in [0.4, 0.5) is 10.1 Å². The average molecular weight is 460 g/mol. The van der Waals surface area contributed by atoms with Gasteiger partial charge in [0.2, 0.25) is 5.91 Å². The molecule has 0 saturated heterocycles. The maximum atomic E-state index is 13.3. The molecule has 0 saturated carbocycles. The van der Waals surface area contributed by atoms with Gasteiger partial charge in [0.1, 0.15) is 31.1 Å². The van der Waals surface area contributed by atoms with Gasteiger partial charge in [-0.1, -0.05) is 0 Å². The van der Waals surface area contributed by atoms with Crippen molar-refractivity contribution in [2.75, 3.05) is 18.5 Å². The summed E-state index contributed by atoms with van der Waals surface area (Å²) in [6.07, 6.45) is 3.16. The van der Waals surface area contributed by atoms with Crippen molar-refractivity contribution >= 4 is 22.8 Å². The molecule has 4 heterocycles. The van der Waals surface area contributed by atoms with Gasteiger partial charge in [0, 0.05) is 29.7 Å². The van der Waals surface area contributed by atoms with Crippen molar-refractivity contribution in [1.82, 2.24) is 23.8 Å². The van der Waals surface area contributed by atoms with Crippen LogP contribution in [0.2, 0.25) is 0 Å². The van der Waals surface area contributed by atoms with Gasteiger partial charge in [-0.05, 0) is 42.5 Å². The Kier molecular flexibility index (Phi) is 4.54. The van der Waals surface area contributed by atoms with E-state index in [2.05, 4.69) is 15.5 Å². The van der Waals surface area contributed by atoms with Crippen LogP contribution in [-0.2, 0) is 11.3 Å². The molecule has 10 nitrogen and oxygen atoms in total. The van der Waals surface area contributed by atoms with Crippen molar-refractivity contribution < 1.29 is 18.7 Å². The summed E-state index contributed by atoms with van der Waals surface area (Å²) in [5.41, 5.74) is 2.31. The minimum absolute atomic E-state index is 0.278. The third kappa shape index (κ3) is 3.43. The molecule has 0 bridgehead atoms. The third-order valence-electron chi connectivity index (χ3n) is 5.45. The number of hydrogen-bond donors (Lipinski definition) is 1. The summed E-state index contributed by atoms with van der Waals surface area (Å²) in [4.78, 5) is 25.5. The van der Waals surface area contributed by atoms with Crippen LogP contribution in [0.3, 0.4) is 0 Å². The largest absolute Gasteiger partial charge is 0.486 e. The second-order valence-corrected chi connectivity index (χ2v) is 7.70. The zero-order chi connectivity index (χ0) is 23.2. The van der Waals surface area contributed by atoms with Crippen LogP contribution in [0.15, 0.2) is 65.7 Å². The number of carbonyl (C=O) groups is 1. The zero-order valence-corrected chi connectivity index (χ0v) is 17.6. The molecule has 5 aromatic rings. The van der Waals surface area contributed by atoms with E-state index in [1.54, 1.807) is 47.1 Å². The van der Waals surface area contributed by atoms with E-state index in [0.717, 1.165) is 10.2 Å². The number of fused-ring (bicyclic) bond motifs is 4. The van der Waals surface area contributed by atoms with Crippen LogP contribution >= 0.6 is 0 Å². The molecule has 0 aliphatic carbocycles. The Morgan fingerprint density at radius 3 is 2.62 bits per heavy atom. The minimum Gasteiger partial charge on any atom is -0.486 e. The second kappa shape index (κ2) is 7.73. The SMILES string of the molecule is O=C(Cn1nc2c3cc(-c4ccc(F)cc4)nn3ccn2c1=O)Nc1ccc2c(c1)OCCO2. The quantitative estimate of drug-likeness (QED) is 0.442. The Labute approximate surface area is 190 Å². The van der Waals surface area contributed by atoms with E-state index in [-0.39, 0.29) is 12.4 Å². The molecule has 1 amide bonds. The summed E-state index contributed by atoms with van der Waals surface area (Å²) in [5.74, 6) is 0.410. The Balaban J connectivity index is 1.29. The number of aromatic nitrogens is 5. The van der Waals surface area contributed by atoms with Crippen molar-refractivity contribution in [2.45, 2.75) is 6.54 Å². The third-order valence-corrected chi connectivity index (χ3v) is 5.45. The average Bonchev–Trinajstić information content (AvgIpc) is 3.41. The number of ether oxygens (including phenoxy) is 2. The maximum Gasteiger partial charge on any atom is 0.350 e. The number of halogens is 1. The highest BCUT2D eigenvalue weighted by molar-refractivity contribution is 5.91. The Bertz CT molecular complexity index is 1620. The number of anilines is 1. The molecular formula is C23H17FN6O4. The Morgan fingerprint density at radius 2 is 1.79 bits per heavy atom. The number of nitrogens with zero attached hydrogens (tertiary/aromatic N) is 5. The normalized spacial score (nSPS) is 12.9. The summed E-state index contributed by atoms with van der Waals surface area (Å²) >= 11 is 0. The van der Waals surface area contributed by atoms with Crippen LogP contribution in [0, 0.1) is 5.82 Å². The van der Waals surface area contributed by atoms with Crippen LogP contribution < -0.4 is 20.5 Å². The molecule has 1 aliphatic heterocycles. The first kappa shape index (κ1) is 20.0. The van der Waals surface area contributed by atoms with Crippen LogP contribution in [0.1, 0.15) is 0 Å². The van der Waals surface area contributed by atoms with Crippen molar-refractivity contribution in [1.29, 1.82) is 0 Å². The van der Waals surface area contributed by atoms with Gasteiger partial charge in [0.25, 0.3) is 0 Å². The van der Waals surface area contributed by atoms with Gasteiger partial charge >= 0.3 is 5.69 Å². The van der Waals surface area contributed by atoms with E-state index in [1.165, 1.54) is 22.7 Å². The van der Waals surface area contributed by atoms with E-state index >= 15 is 0 Å². The maximum absolute atomic E-state index is 13.3. The summed E-state index contributed by atoms with van der Waals surface area (Å²) in [6, 6.07) is 12.8. The lowest BCUT2D eigenvalue weighted by Gasteiger charge is -2.18. The molecule has 0 spiro atoms. The van der Waals surface area contributed by atoms with Gasteiger partial charge in [-0.25, -0.2) is 22.8 Å². The molecule has 1 N–H and O–H groups in total. The number of nitrogens with one attached hydrogen (secondary N) is 1. The van der Waals surface area contributed by atoms with E-state index in [9.17, 15) is 14.0 Å². The second-order valence-electron chi connectivity index (χ2n) is 7.70. The smallest absolute Gasteiger partial charge is 0.350 e. The molecule has 1 aliphatic rings. The summed E-state index contributed by atoms with van der Waals surface area (Å²) in [5, 5.41) is 11.6. The van der Waals surface area contributed by atoms with Gasteiger partial charge in [0.05, 0.1) is 5.69 Å². The van der Waals surface area contributed by atoms with Gasteiger partial charge in [0.15, 0.2) is 17.1 Å². The predicted octanol–water partition coefficient (Wildman–Crippen LogP) is 2.36. The molecule has 6 rings (SSSR count). The van der Waals surface area contributed by atoms with Crippen LogP contribution in [0.5, 0.6) is 11.5 Å². The van der Waals surface area contributed by atoms with Crippen LogP contribution in [0.25, 0.3) is 22.4 Å². The summed E-state index contributed by atoms with van der Waals surface area (Å²) in [7, 11) is 0. The lowest BCUT2D eigenvalue weighted by atomic mass is 10.1. The number of rotatable bonds is 4. The Hall–Kier alpha value is -4.67. The fourth-order valence-corrected chi connectivity index (χ4v) is 3.86. The van der Waals surface area contributed by atoms with Gasteiger partial charge < -0.3 is 14.8 Å². The first-order valence-electron chi connectivity index (χ1n) is 10.5.